The van der Waals surface area contributed by atoms with E-state index < -0.39 is 48.2 Å². The van der Waals surface area contributed by atoms with Gasteiger partial charge in [0.25, 0.3) is 0 Å². The van der Waals surface area contributed by atoms with Crippen molar-refractivity contribution >= 4 is 23.9 Å². The van der Waals surface area contributed by atoms with Gasteiger partial charge < -0.3 is 41.4 Å². The molecule has 0 aliphatic carbocycles. The van der Waals surface area contributed by atoms with Gasteiger partial charge in [-0.3, -0.25) is 9.59 Å². The average molecular weight is 509 g/mol. The fourth-order valence-electron chi connectivity index (χ4n) is 2.04. The smallest absolute Gasteiger partial charge is 0.414 e. The molecule has 0 aromatic heterocycles. The van der Waals surface area contributed by atoms with Gasteiger partial charge in [-0.25, -0.2) is 9.59 Å². The molecule has 0 bridgehead atoms. The summed E-state index contributed by atoms with van der Waals surface area (Å²) >= 11 is 0. The molecule has 0 aliphatic rings. The van der Waals surface area contributed by atoms with Crippen LogP contribution in [-0.2, 0) is 41.9 Å². The molecule has 0 amide bonds. The van der Waals surface area contributed by atoms with E-state index in [-0.39, 0.29) is 13.2 Å². The highest BCUT2D eigenvalue weighted by molar-refractivity contribution is 6.27. The molecule has 198 valence electrons. The second kappa shape index (κ2) is 17.6. The Balaban J connectivity index is 0.000000558. The molecule has 8 N–H and O–H groups in total. The minimum atomic E-state index is -1.82. The third-order valence-electron chi connectivity index (χ3n) is 4.21. The number of carboxylic acid groups (broad SMARTS) is 2. The SMILES string of the molecule is C[C@H](O)[C@H](N)C(=O)OCc1ccccc1.C[C@H](O)[C@H](N)C(=O)OCc1ccccc1.O=C(O)C(=O)O. The number of esters is 2. The van der Waals surface area contributed by atoms with Gasteiger partial charge in [0.05, 0.1) is 12.2 Å². The maximum absolute atomic E-state index is 11.3. The molecule has 2 aromatic rings. The minimum Gasteiger partial charge on any atom is -0.473 e. The molecule has 0 saturated heterocycles. The van der Waals surface area contributed by atoms with Crippen molar-refractivity contribution in [1.29, 1.82) is 0 Å². The van der Waals surface area contributed by atoms with E-state index in [4.69, 9.17) is 51.0 Å². The minimum absolute atomic E-state index is 0.181. The maximum atomic E-state index is 11.3. The Kier molecular flexibility index (Phi) is 15.7. The summed E-state index contributed by atoms with van der Waals surface area (Å²) in [6, 6.07) is 16.6. The van der Waals surface area contributed by atoms with Crippen LogP contribution in [0.2, 0.25) is 0 Å². The van der Waals surface area contributed by atoms with Crippen LogP contribution < -0.4 is 11.5 Å². The van der Waals surface area contributed by atoms with Gasteiger partial charge in [0.15, 0.2) is 0 Å². The summed E-state index contributed by atoms with van der Waals surface area (Å²) in [6.45, 7) is 3.27. The van der Waals surface area contributed by atoms with E-state index in [0.717, 1.165) is 11.1 Å². The molecule has 0 aliphatic heterocycles. The van der Waals surface area contributed by atoms with Crippen LogP contribution >= 0.6 is 0 Å². The monoisotopic (exact) mass is 508 g/mol. The summed E-state index contributed by atoms with van der Waals surface area (Å²) in [6.07, 6.45) is -1.79. The summed E-state index contributed by atoms with van der Waals surface area (Å²) < 4.78 is 9.85. The predicted molar refractivity (Wildman–Crippen MR) is 127 cm³/mol. The van der Waals surface area contributed by atoms with Crippen LogP contribution in [-0.4, -0.2) is 68.6 Å². The zero-order valence-electron chi connectivity index (χ0n) is 19.9. The number of carbonyl (C=O) groups excluding carboxylic acids is 2. The van der Waals surface area contributed by atoms with E-state index in [1.807, 2.05) is 60.7 Å². The van der Waals surface area contributed by atoms with Gasteiger partial charge in [0.1, 0.15) is 25.3 Å². The van der Waals surface area contributed by atoms with E-state index in [9.17, 15) is 9.59 Å². The number of benzene rings is 2. The van der Waals surface area contributed by atoms with Gasteiger partial charge in [-0.2, -0.15) is 0 Å². The lowest BCUT2D eigenvalue weighted by Crippen LogP contribution is -2.41. The summed E-state index contributed by atoms with van der Waals surface area (Å²) in [5.41, 5.74) is 12.6. The molecule has 2 rings (SSSR count). The number of nitrogens with two attached hydrogens (primary N) is 2. The summed E-state index contributed by atoms with van der Waals surface area (Å²) in [7, 11) is 0. The van der Waals surface area contributed by atoms with Crippen LogP contribution in [0.5, 0.6) is 0 Å². The van der Waals surface area contributed by atoms with Crippen LogP contribution in [0.4, 0.5) is 0 Å². The lowest BCUT2D eigenvalue weighted by atomic mass is 10.2. The van der Waals surface area contributed by atoms with Gasteiger partial charge in [0.2, 0.25) is 0 Å². The van der Waals surface area contributed by atoms with Crippen molar-refractivity contribution in [2.45, 2.75) is 51.4 Å². The van der Waals surface area contributed by atoms with Crippen LogP contribution in [0.1, 0.15) is 25.0 Å². The van der Waals surface area contributed by atoms with E-state index in [1.165, 1.54) is 13.8 Å². The Hall–Kier alpha value is -3.84. The van der Waals surface area contributed by atoms with Crippen molar-refractivity contribution in [3.8, 4) is 0 Å². The zero-order chi connectivity index (χ0) is 27.7. The number of carbonyl (C=O) groups is 4. The molecular formula is C24H32N2O10. The first-order chi connectivity index (χ1) is 16.9. The third-order valence-corrected chi connectivity index (χ3v) is 4.21. The Morgan fingerprint density at radius 2 is 0.944 bits per heavy atom. The van der Waals surface area contributed by atoms with E-state index in [0.29, 0.717) is 0 Å². The Morgan fingerprint density at radius 3 is 1.17 bits per heavy atom. The van der Waals surface area contributed by atoms with Gasteiger partial charge >= 0.3 is 23.9 Å². The molecule has 4 atom stereocenters. The van der Waals surface area contributed by atoms with Crippen molar-refractivity contribution < 1.29 is 49.1 Å². The highest BCUT2D eigenvalue weighted by Gasteiger charge is 2.20. The van der Waals surface area contributed by atoms with Crippen molar-refractivity contribution in [3.63, 3.8) is 0 Å². The van der Waals surface area contributed by atoms with Gasteiger partial charge in [-0.05, 0) is 25.0 Å². The first kappa shape index (κ1) is 32.2. The highest BCUT2D eigenvalue weighted by atomic mass is 16.5. The highest BCUT2D eigenvalue weighted by Crippen LogP contribution is 2.03. The average Bonchev–Trinajstić information content (AvgIpc) is 2.86. The van der Waals surface area contributed by atoms with E-state index >= 15 is 0 Å². The normalized spacial score (nSPS) is 13.2. The first-order valence-corrected chi connectivity index (χ1v) is 10.6. The Labute approximate surface area is 208 Å². The van der Waals surface area contributed by atoms with Crippen LogP contribution in [0, 0.1) is 0 Å². The number of hydrogen-bond acceptors (Lipinski definition) is 10. The van der Waals surface area contributed by atoms with Gasteiger partial charge in [0, 0.05) is 0 Å². The third kappa shape index (κ3) is 14.4. The number of ether oxygens (including phenoxy) is 2. The number of aliphatic hydroxyl groups is 2. The summed E-state index contributed by atoms with van der Waals surface area (Å²) in [4.78, 5) is 40.7. The van der Waals surface area contributed by atoms with Crippen molar-refractivity contribution in [1.82, 2.24) is 0 Å². The summed E-state index contributed by atoms with van der Waals surface area (Å²) in [5.74, 6) is -4.83. The second-order valence-electron chi connectivity index (χ2n) is 7.33. The second-order valence-corrected chi connectivity index (χ2v) is 7.33. The molecule has 0 radical (unpaired) electrons. The molecular weight excluding hydrogens is 476 g/mol. The van der Waals surface area contributed by atoms with Gasteiger partial charge in [-0.1, -0.05) is 60.7 Å². The molecule has 12 heteroatoms. The summed E-state index contributed by atoms with van der Waals surface area (Å²) in [5, 5.41) is 32.9. The standard InChI is InChI=1S/2C11H15NO3.C2H2O4/c2*1-8(13)10(12)11(14)15-7-9-5-3-2-4-6-9;3-1(4)2(5)6/h2*2-6,8,10,13H,7,12H2,1H3;(H,3,4)(H,5,6)/t2*8-,10-;/m00./s1. The molecule has 12 nitrogen and oxygen atoms in total. The predicted octanol–water partition coefficient (Wildman–Crippen LogP) is 0.0314. The van der Waals surface area contributed by atoms with E-state index in [1.54, 1.807) is 0 Å². The molecule has 2 aromatic carbocycles. The molecule has 0 fully saturated rings. The lowest BCUT2D eigenvalue weighted by Gasteiger charge is -2.13. The quantitative estimate of drug-likeness (QED) is 0.205. The van der Waals surface area contributed by atoms with E-state index in [2.05, 4.69) is 0 Å². The fraction of sp³-hybridized carbons (Fsp3) is 0.333. The number of aliphatic carboxylic acids is 2. The van der Waals surface area contributed by atoms with Crippen LogP contribution in [0.3, 0.4) is 0 Å². The first-order valence-electron chi connectivity index (χ1n) is 10.6. The van der Waals surface area contributed by atoms with Crippen molar-refractivity contribution in [3.05, 3.63) is 71.8 Å². The van der Waals surface area contributed by atoms with Crippen molar-refractivity contribution in [2.24, 2.45) is 11.5 Å². The maximum Gasteiger partial charge on any atom is 0.414 e. The largest absolute Gasteiger partial charge is 0.473 e. The Morgan fingerprint density at radius 1 is 0.667 bits per heavy atom. The Bertz CT molecular complexity index is 859. The van der Waals surface area contributed by atoms with Crippen molar-refractivity contribution in [2.75, 3.05) is 0 Å². The fourth-order valence-corrected chi connectivity index (χ4v) is 2.04. The number of carboxylic acids is 2. The number of rotatable bonds is 8. The molecule has 36 heavy (non-hydrogen) atoms. The number of aliphatic hydroxyl groups excluding tert-OH is 2. The molecule has 0 spiro atoms. The number of hydrogen-bond donors (Lipinski definition) is 6. The molecule has 0 saturated carbocycles. The molecule has 0 unspecified atom stereocenters. The van der Waals surface area contributed by atoms with Crippen LogP contribution in [0.25, 0.3) is 0 Å². The van der Waals surface area contributed by atoms with Gasteiger partial charge in [-0.15, -0.1) is 0 Å². The lowest BCUT2D eigenvalue weighted by molar-refractivity contribution is -0.159. The molecule has 0 heterocycles. The zero-order valence-corrected chi connectivity index (χ0v) is 19.9. The topological polar surface area (TPSA) is 220 Å². The van der Waals surface area contributed by atoms with Crippen LogP contribution in [0.15, 0.2) is 60.7 Å².